The molecule has 25 heavy (non-hydrogen) atoms. The van der Waals surface area contributed by atoms with Crippen LogP contribution in [0.25, 0.3) is 10.8 Å². The number of para-hydroxylation sites is 1. The number of carbonyl (C=O) groups excluding carboxylic acids is 1. The summed E-state index contributed by atoms with van der Waals surface area (Å²) in [5.74, 6) is -0.173. The van der Waals surface area contributed by atoms with E-state index in [0.717, 1.165) is 0 Å². The van der Waals surface area contributed by atoms with Crippen LogP contribution in [-0.4, -0.2) is 15.7 Å². The quantitative estimate of drug-likeness (QED) is 0.770. The molecule has 1 N–H and O–H groups in total. The summed E-state index contributed by atoms with van der Waals surface area (Å²) in [5, 5.41) is 8.53. The molecule has 0 saturated carbocycles. The Kier molecular flexibility index (Phi) is 4.86. The van der Waals surface area contributed by atoms with Gasteiger partial charge >= 0.3 is 0 Å². The maximum atomic E-state index is 12.8. The van der Waals surface area contributed by atoms with Gasteiger partial charge in [-0.15, -0.1) is 0 Å². The minimum Gasteiger partial charge on any atom is -0.319 e. The van der Waals surface area contributed by atoms with Crippen LogP contribution in [0.2, 0.25) is 5.02 Å². The van der Waals surface area contributed by atoms with Crippen molar-refractivity contribution in [2.45, 2.75) is 20.4 Å². The van der Waals surface area contributed by atoms with Gasteiger partial charge in [-0.3, -0.25) is 9.59 Å². The van der Waals surface area contributed by atoms with E-state index in [-0.39, 0.29) is 17.2 Å². The van der Waals surface area contributed by atoms with Crippen molar-refractivity contribution in [3.8, 4) is 0 Å². The molecule has 0 radical (unpaired) electrons. The SMILES string of the molecule is CC(C)Cn1nc(C(=O)Nc2ccccc2Cl)c2ccccc2c1=O. The van der Waals surface area contributed by atoms with Crippen molar-refractivity contribution in [3.63, 3.8) is 0 Å². The normalized spacial score (nSPS) is 11.0. The Hall–Kier alpha value is -2.66. The number of rotatable bonds is 4. The fourth-order valence-electron chi connectivity index (χ4n) is 2.62. The first-order valence-electron chi connectivity index (χ1n) is 8.03. The number of nitrogens with one attached hydrogen (secondary N) is 1. The monoisotopic (exact) mass is 355 g/mol. The lowest BCUT2D eigenvalue weighted by molar-refractivity contribution is 0.102. The number of anilines is 1. The van der Waals surface area contributed by atoms with Crippen molar-refractivity contribution in [1.82, 2.24) is 9.78 Å². The molecule has 0 saturated heterocycles. The molecule has 0 unspecified atom stereocenters. The molecule has 0 aliphatic rings. The van der Waals surface area contributed by atoms with Crippen LogP contribution >= 0.6 is 11.6 Å². The summed E-state index contributed by atoms with van der Waals surface area (Å²) in [7, 11) is 0. The molecule has 0 atom stereocenters. The van der Waals surface area contributed by atoms with Gasteiger partial charge in [-0.2, -0.15) is 5.10 Å². The molecule has 0 aliphatic heterocycles. The van der Waals surface area contributed by atoms with Crippen molar-refractivity contribution in [2.75, 3.05) is 5.32 Å². The Morgan fingerprint density at radius 3 is 2.44 bits per heavy atom. The minimum absolute atomic E-state index is 0.196. The van der Waals surface area contributed by atoms with Gasteiger partial charge in [0.25, 0.3) is 11.5 Å². The van der Waals surface area contributed by atoms with Crippen molar-refractivity contribution >= 4 is 34.0 Å². The fraction of sp³-hybridized carbons (Fsp3) is 0.211. The topological polar surface area (TPSA) is 64.0 Å². The number of halogens is 1. The third-order valence-corrected chi connectivity index (χ3v) is 4.07. The van der Waals surface area contributed by atoms with Crippen LogP contribution in [0.1, 0.15) is 24.3 Å². The van der Waals surface area contributed by atoms with Gasteiger partial charge in [0, 0.05) is 11.9 Å². The summed E-state index contributed by atoms with van der Waals surface area (Å²) in [6.45, 7) is 4.43. The number of aromatic nitrogens is 2. The van der Waals surface area contributed by atoms with E-state index in [4.69, 9.17) is 11.6 Å². The number of benzene rings is 2. The summed E-state index contributed by atoms with van der Waals surface area (Å²) in [6.07, 6.45) is 0. The number of nitrogens with zero attached hydrogens (tertiary/aromatic N) is 2. The van der Waals surface area contributed by atoms with Gasteiger partial charge in [0.2, 0.25) is 0 Å². The average molecular weight is 356 g/mol. The lowest BCUT2D eigenvalue weighted by Gasteiger charge is -2.13. The second kappa shape index (κ2) is 7.07. The van der Waals surface area contributed by atoms with Gasteiger partial charge < -0.3 is 5.32 Å². The molecule has 0 fully saturated rings. The fourth-order valence-corrected chi connectivity index (χ4v) is 2.80. The number of hydrogen-bond donors (Lipinski definition) is 1. The molecule has 2 aromatic carbocycles. The predicted molar refractivity (Wildman–Crippen MR) is 100 cm³/mol. The van der Waals surface area contributed by atoms with Crippen LogP contribution in [-0.2, 0) is 6.54 Å². The van der Waals surface area contributed by atoms with E-state index < -0.39 is 5.91 Å². The van der Waals surface area contributed by atoms with Gasteiger partial charge in [0.1, 0.15) is 0 Å². The molecule has 1 aromatic heterocycles. The van der Waals surface area contributed by atoms with Crippen molar-refractivity contribution < 1.29 is 4.79 Å². The second-order valence-electron chi connectivity index (χ2n) is 6.21. The Bertz CT molecular complexity index is 995. The summed E-state index contributed by atoms with van der Waals surface area (Å²) < 4.78 is 1.36. The summed E-state index contributed by atoms with van der Waals surface area (Å²) >= 11 is 6.11. The van der Waals surface area contributed by atoms with Gasteiger partial charge in [0.15, 0.2) is 5.69 Å². The minimum atomic E-state index is -0.401. The molecular weight excluding hydrogens is 338 g/mol. The Morgan fingerprint density at radius 1 is 1.12 bits per heavy atom. The summed E-state index contributed by atoms with van der Waals surface area (Å²) in [5.41, 5.74) is 0.510. The number of carbonyl (C=O) groups is 1. The highest BCUT2D eigenvalue weighted by Crippen LogP contribution is 2.22. The number of fused-ring (bicyclic) bond motifs is 1. The Labute approximate surface area is 150 Å². The van der Waals surface area contributed by atoms with Crippen LogP contribution in [0.15, 0.2) is 53.3 Å². The molecule has 0 spiro atoms. The molecule has 1 amide bonds. The van der Waals surface area contributed by atoms with E-state index >= 15 is 0 Å². The highest BCUT2D eigenvalue weighted by molar-refractivity contribution is 6.34. The van der Waals surface area contributed by atoms with E-state index in [9.17, 15) is 9.59 Å². The maximum Gasteiger partial charge on any atom is 0.276 e. The number of amides is 1. The zero-order valence-corrected chi connectivity index (χ0v) is 14.7. The third-order valence-electron chi connectivity index (χ3n) is 3.74. The lowest BCUT2D eigenvalue weighted by atomic mass is 10.1. The van der Waals surface area contributed by atoms with Crippen LogP contribution < -0.4 is 10.9 Å². The van der Waals surface area contributed by atoms with Crippen molar-refractivity contribution in [1.29, 1.82) is 0 Å². The first-order chi connectivity index (χ1) is 12.0. The second-order valence-corrected chi connectivity index (χ2v) is 6.62. The standard InChI is InChI=1S/C19H18ClN3O2/c1-12(2)11-23-19(25)14-8-4-3-7-13(14)17(22-23)18(24)21-16-10-6-5-9-15(16)20/h3-10,12H,11H2,1-2H3,(H,21,24). The van der Waals surface area contributed by atoms with E-state index in [2.05, 4.69) is 10.4 Å². The molecule has 1 heterocycles. The molecule has 5 nitrogen and oxygen atoms in total. The highest BCUT2D eigenvalue weighted by atomic mass is 35.5. The predicted octanol–water partition coefficient (Wildman–Crippen LogP) is 3.96. The van der Waals surface area contributed by atoms with Crippen LogP contribution in [0, 0.1) is 5.92 Å². The highest BCUT2D eigenvalue weighted by Gasteiger charge is 2.18. The summed E-state index contributed by atoms with van der Waals surface area (Å²) in [6, 6.07) is 14.0. The first kappa shape index (κ1) is 17.2. The van der Waals surface area contributed by atoms with E-state index in [1.807, 2.05) is 13.8 Å². The molecule has 3 aromatic rings. The van der Waals surface area contributed by atoms with Crippen LogP contribution in [0.3, 0.4) is 0 Å². The summed E-state index contributed by atoms with van der Waals surface area (Å²) in [4.78, 5) is 25.4. The molecule has 0 aliphatic carbocycles. The third kappa shape index (κ3) is 3.56. The molecular formula is C19H18ClN3O2. The molecule has 0 bridgehead atoms. The van der Waals surface area contributed by atoms with E-state index in [1.54, 1.807) is 48.5 Å². The smallest absolute Gasteiger partial charge is 0.276 e. The first-order valence-corrected chi connectivity index (χ1v) is 8.41. The van der Waals surface area contributed by atoms with Crippen molar-refractivity contribution in [2.24, 2.45) is 5.92 Å². The zero-order chi connectivity index (χ0) is 18.0. The van der Waals surface area contributed by atoms with Crippen LogP contribution in [0.5, 0.6) is 0 Å². The average Bonchev–Trinajstić information content (AvgIpc) is 2.59. The lowest BCUT2D eigenvalue weighted by Crippen LogP contribution is -2.29. The Balaban J connectivity index is 2.11. The zero-order valence-electron chi connectivity index (χ0n) is 14.0. The molecule has 128 valence electrons. The van der Waals surface area contributed by atoms with E-state index in [0.29, 0.717) is 28.0 Å². The number of hydrogen-bond acceptors (Lipinski definition) is 3. The van der Waals surface area contributed by atoms with Crippen molar-refractivity contribution in [3.05, 3.63) is 69.6 Å². The van der Waals surface area contributed by atoms with Gasteiger partial charge in [-0.1, -0.05) is 55.8 Å². The van der Waals surface area contributed by atoms with Crippen LogP contribution in [0.4, 0.5) is 5.69 Å². The Morgan fingerprint density at radius 2 is 1.76 bits per heavy atom. The van der Waals surface area contributed by atoms with Gasteiger partial charge in [-0.25, -0.2) is 4.68 Å². The maximum absolute atomic E-state index is 12.8. The molecule has 3 rings (SSSR count). The van der Waals surface area contributed by atoms with Gasteiger partial charge in [0.05, 0.1) is 16.1 Å². The largest absolute Gasteiger partial charge is 0.319 e. The molecule has 6 heteroatoms. The van der Waals surface area contributed by atoms with Gasteiger partial charge in [-0.05, 0) is 24.1 Å². The van der Waals surface area contributed by atoms with E-state index in [1.165, 1.54) is 4.68 Å².